The average Bonchev–Trinajstić information content (AvgIpc) is 2.93. The number of hydrogen-bond donors (Lipinski definition) is 2. The van der Waals surface area contributed by atoms with E-state index in [0.717, 1.165) is 23.1 Å². The Labute approximate surface area is 134 Å². The van der Waals surface area contributed by atoms with Crippen LogP contribution in [0.25, 0.3) is 10.9 Å². The molecule has 0 aliphatic rings. The first-order chi connectivity index (χ1) is 11.2. The van der Waals surface area contributed by atoms with E-state index in [-0.39, 0.29) is 6.03 Å². The van der Waals surface area contributed by atoms with Crippen LogP contribution in [-0.2, 0) is 6.54 Å². The van der Waals surface area contributed by atoms with Crippen molar-refractivity contribution >= 4 is 28.3 Å². The molecule has 5 nitrogen and oxygen atoms in total. The maximum absolute atomic E-state index is 12.3. The predicted molar refractivity (Wildman–Crippen MR) is 93.2 cm³/mol. The minimum absolute atomic E-state index is 0.298. The Bertz CT molecular complexity index is 839. The fourth-order valence-electron chi connectivity index (χ4n) is 2.63. The zero-order chi connectivity index (χ0) is 16.2. The first kappa shape index (κ1) is 15.0. The Hall–Kier alpha value is -2.95. The van der Waals surface area contributed by atoms with Crippen molar-refractivity contribution in [2.75, 3.05) is 17.7 Å². The highest BCUT2D eigenvalue weighted by Crippen LogP contribution is 2.27. The number of nitrogens with zero attached hydrogens (tertiary/aromatic N) is 1. The molecule has 2 amide bonds. The molecule has 0 bridgehead atoms. The zero-order valence-corrected chi connectivity index (χ0v) is 13.2. The van der Waals surface area contributed by atoms with Crippen LogP contribution in [0.4, 0.5) is 16.2 Å². The molecule has 0 radical (unpaired) electrons. The van der Waals surface area contributed by atoms with Crippen molar-refractivity contribution in [2.45, 2.75) is 13.5 Å². The maximum Gasteiger partial charge on any atom is 0.323 e. The molecule has 0 saturated carbocycles. The van der Waals surface area contributed by atoms with E-state index >= 15 is 0 Å². The fourth-order valence-corrected chi connectivity index (χ4v) is 2.63. The number of amides is 2. The zero-order valence-electron chi connectivity index (χ0n) is 13.2. The number of urea groups is 1. The molecule has 0 aliphatic heterocycles. The normalized spacial score (nSPS) is 10.5. The molecule has 0 spiro atoms. The van der Waals surface area contributed by atoms with Gasteiger partial charge in [-0.3, -0.25) is 0 Å². The number of para-hydroxylation sites is 3. The van der Waals surface area contributed by atoms with Crippen molar-refractivity contribution in [1.29, 1.82) is 0 Å². The lowest BCUT2D eigenvalue weighted by molar-refractivity contribution is 0.262. The van der Waals surface area contributed by atoms with Crippen LogP contribution in [0.1, 0.15) is 6.92 Å². The van der Waals surface area contributed by atoms with Gasteiger partial charge in [-0.1, -0.05) is 30.3 Å². The van der Waals surface area contributed by atoms with E-state index in [1.165, 1.54) is 0 Å². The summed E-state index contributed by atoms with van der Waals surface area (Å²) in [5.74, 6) is 0.624. The summed E-state index contributed by atoms with van der Waals surface area (Å²) < 4.78 is 7.35. The van der Waals surface area contributed by atoms with Crippen LogP contribution in [0.5, 0.6) is 5.75 Å². The number of aromatic nitrogens is 1. The SMILES string of the molecule is CCn1cc(NC(=O)Nc2ccccc2OC)c2ccccc21. The summed E-state index contributed by atoms with van der Waals surface area (Å²) in [6.45, 7) is 2.92. The maximum atomic E-state index is 12.3. The molecule has 1 aromatic heterocycles. The number of hydrogen-bond acceptors (Lipinski definition) is 2. The van der Waals surface area contributed by atoms with Crippen molar-refractivity contribution in [3.8, 4) is 5.75 Å². The molecule has 5 heteroatoms. The molecule has 118 valence electrons. The molecule has 1 heterocycles. The number of aryl methyl sites for hydroxylation is 1. The number of fused-ring (bicyclic) bond motifs is 1. The minimum Gasteiger partial charge on any atom is -0.495 e. The number of benzene rings is 2. The molecule has 0 aliphatic carbocycles. The lowest BCUT2D eigenvalue weighted by atomic mass is 10.2. The first-order valence-corrected chi connectivity index (χ1v) is 7.52. The highest BCUT2D eigenvalue weighted by molar-refractivity contribution is 6.06. The van der Waals surface area contributed by atoms with Crippen LogP contribution >= 0.6 is 0 Å². The number of nitrogens with one attached hydrogen (secondary N) is 2. The van der Waals surface area contributed by atoms with Gasteiger partial charge in [0.25, 0.3) is 0 Å². The molecule has 2 N–H and O–H groups in total. The molecule has 0 saturated heterocycles. The van der Waals surface area contributed by atoms with Gasteiger partial charge in [-0.15, -0.1) is 0 Å². The summed E-state index contributed by atoms with van der Waals surface area (Å²) >= 11 is 0. The smallest absolute Gasteiger partial charge is 0.323 e. The third-order valence-corrected chi connectivity index (χ3v) is 3.73. The number of carbonyl (C=O) groups excluding carboxylic acids is 1. The van der Waals surface area contributed by atoms with E-state index in [2.05, 4.69) is 22.1 Å². The Balaban J connectivity index is 1.83. The number of methoxy groups -OCH3 is 1. The molecule has 23 heavy (non-hydrogen) atoms. The van der Waals surface area contributed by atoms with Crippen LogP contribution < -0.4 is 15.4 Å². The van der Waals surface area contributed by atoms with Gasteiger partial charge in [0.2, 0.25) is 0 Å². The predicted octanol–water partition coefficient (Wildman–Crippen LogP) is 4.31. The van der Waals surface area contributed by atoms with Crippen molar-refractivity contribution in [3.05, 3.63) is 54.7 Å². The molecular formula is C18H19N3O2. The van der Waals surface area contributed by atoms with E-state index in [1.807, 2.05) is 42.6 Å². The number of rotatable bonds is 4. The Morgan fingerprint density at radius 1 is 1.04 bits per heavy atom. The van der Waals surface area contributed by atoms with E-state index in [1.54, 1.807) is 19.2 Å². The number of ether oxygens (including phenoxy) is 1. The third kappa shape index (κ3) is 2.99. The van der Waals surface area contributed by atoms with Crippen molar-refractivity contribution in [2.24, 2.45) is 0 Å². The van der Waals surface area contributed by atoms with E-state index in [4.69, 9.17) is 4.74 Å². The molecule has 0 unspecified atom stereocenters. The van der Waals surface area contributed by atoms with Crippen LogP contribution in [-0.4, -0.2) is 17.7 Å². The van der Waals surface area contributed by atoms with Crippen LogP contribution in [0.15, 0.2) is 54.7 Å². The van der Waals surface area contributed by atoms with Gasteiger partial charge in [0.15, 0.2) is 0 Å². The molecule has 3 aromatic rings. The lowest BCUT2D eigenvalue weighted by Crippen LogP contribution is -2.19. The van der Waals surface area contributed by atoms with Crippen molar-refractivity contribution < 1.29 is 9.53 Å². The number of anilines is 2. The summed E-state index contributed by atoms with van der Waals surface area (Å²) in [4.78, 5) is 12.3. The summed E-state index contributed by atoms with van der Waals surface area (Å²) in [6.07, 6.45) is 1.95. The van der Waals surface area contributed by atoms with Gasteiger partial charge in [0.05, 0.1) is 24.0 Å². The van der Waals surface area contributed by atoms with E-state index in [9.17, 15) is 4.79 Å². The van der Waals surface area contributed by atoms with Crippen molar-refractivity contribution in [1.82, 2.24) is 4.57 Å². The summed E-state index contributed by atoms with van der Waals surface area (Å²) in [5, 5.41) is 6.75. The lowest BCUT2D eigenvalue weighted by Gasteiger charge is -2.10. The van der Waals surface area contributed by atoms with Gasteiger partial charge >= 0.3 is 6.03 Å². The summed E-state index contributed by atoms with van der Waals surface area (Å²) in [5.41, 5.74) is 2.52. The molecule has 2 aromatic carbocycles. The Morgan fingerprint density at radius 2 is 1.74 bits per heavy atom. The summed E-state index contributed by atoms with van der Waals surface area (Å²) in [6, 6.07) is 15.0. The van der Waals surface area contributed by atoms with Crippen molar-refractivity contribution in [3.63, 3.8) is 0 Å². The first-order valence-electron chi connectivity index (χ1n) is 7.52. The summed E-state index contributed by atoms with van der Waals surface area (Å²) in [7, 11) is 1.58. The van der Waals surface area contributed by atoms with Gasteiger partial charge in [-0.2, -0.15) is 0 Å². The molecule has 0 atom stereocenters. The molecule has 0 fully saturated rings. The van der Waals surface area contributed by atoms with Gasteiger partial charge in [0, 0.05) is 18.1 Å². The second kappa shape index (κ2) is 6.44. The standard InChI is InChI=1S/C18H19N3O2/c1-3-21-12-15(13-8-4-6-10-16(13)21)20-18(22)19-14-9-5-7-11-17(14)23-2/h4-12H,3H2,1-2H3,(H2,19,20,22). The monoisotopic (exact) mass is 309 g/mol. The van der Waals surface area contributed by atoms with Crippen LogP contribution in [0, 0.1) is 0 Å². The second-order valence-electron chi connectivity index (χ2n) is 5.13. The molecule has 3 rings (SSSR count). The van der Waals surface area contributed by atoms with Gasteiger partial charge < -0.3 is 19.9 Å². The average molecular weight is 309 g/mol. The van der Waals surface area contributed by atoms with Gasteiger partial charge in [-0.05, 0) is 25.1 Å². The quantitative estimate of drug-likeness (QED) is 0.754. The largest absolute Gasteiger partial charge is 0.495 e. The number of carbonyl (C=O) groups is 1. The fraction of sp³-hybridized carbons (Fsp3) is 0.167. The highest BCUT2D eigenvalue weighted by Gasteiger charge is 2.11. The van der Waals surface area contributed by atoms with Gasteiger partial charge in [-0.25, -0.2) is 4.79 Å². The van der Waals surface area contributed by atoms with Crippen LogP contribution in [0.2, 0.25) is 0 Å². The van der Waals surface area contributed by atoms with Gasteiger partial charge in [0.1, 0.15) is 5.75 Å². The van der Waals surface area contributed by atoms with Crippen LogP contribution in [0.3, 0.4) is 0 Å². The Kier molecular flexibility index (Phi) is 4.19. The Morgan fingerprint density at radius 3 is 2.52 bits per heavy atom. The third-order valence-electron chi connectivity index (χ3n) is 3.73. The van der Waals surface area contributed by atoms with E-state index < -0.39 is 0 Å². The van der Waals surface area contributed by atoms with E-state index in [0.29, 0.717) is 11.4 Å². The molecular weight excluding hydrogens is 290 g/mol. The minimum atomic E-state index is -0.298. The second-order valence-corrected chi connectivity index (χ2v) is 5.13. The topological polar surface area (TPSA) is 55.3 Å². The highest BCUT2D eigenvalue weighted by atomic mass is 16.5.